The quantitative estimate of drug-likeness (QED) is 0.791. The maximum atomic E-state index is 10.0. The number of aliphatic hydroxyl groups is 1. The first-order chi connectivity index (χ1) is 7.09. The highest BCUT2D eigenvalue weighted by Crippen LogP contribution is 2.29. The molecule has 0 radical (unpaired) electrons. The molecule has 1 aromatic carbocycles. The van der Waals surface area contributed by atoms with E-state index in [1.54, 1.807) is 0 Å². The van der Waals surface area contributed by atoms with Crippen molar-refractivity contribution in [3.8, 4) is 0 Å². The topological polar surface area (TPSA) is 32.3 Å². The van der Waals surface area contributed by atoms with Gasteiger partial charge >= 0.3 is 0 Å². The zero-order valence-electron chi connectivity index (χ0n) is 9.81. The van der Waals surface area contributed by atoms with Gasteiger partial charge in [-0.3, -0.25) is 0 Å². The number of piperidine rings is 1. The third-order valence-corrected chi connectivity index (χ3v) is 3.42. The van der Waals surface area contributed by atoms with Crippen LogP contribution in [0.15, 0.2) is 30.3 Å². The minimum Gasteiger partial charge on any atom is -0.391 e. The third-order valence-electron chi connectivity index (χ3n) is 3.42. The molecular formula is C13H20ClNO. The van der Waals surface area contributed by atoms with Crippen molar-refractivity contribution in [1.29, 1.82) is 0 Å². The molecule has 1 aromatic rings. The molecule has 1 fully saturated rings. The SMILES string of the molecule is CC1(C)NCC(c2ccccc2)CC1O.Cl. The molecule has 1 heterocycles. The fourth-order valence-electron chi connectivity index (χ4n) is 2.13. The second kappa shape index (κ2) is 5.17. The van der Waals surface area contributed by atoms with Crippen LogP contribution in [0.3, 0.4) is 0 Å². The second-order valence-electron chi connectivity index (χ2n) is 4.96. The highest BCUT2D eigenvalue weighted by Gasteiger charge is 2.34. The molecule has 0 spiro atoms. The fourth-order valence-corrected chi connectivity index (χ4v) is 2.13. The Kier molecular flexibility index (Phi) is 4.36. The lowest BCUT2D eigenvalue weighted by molar-refractivity contribution is 0.0424. The maximum Gasteiger partial charge on any atom is 0.0722 e. The summed E-state index contributed by atoms with van der Waals surface area (Å²) in [6.07, 6.45) is 0.584. The number of rotatable bonds is 1. The van der Waals surface area contributed by atoms with Crippen LogP contribution < -0.4 is 5.32 Å². The first-order valence-electron chi connectivity index (χ1n) is 5.57. The van der Waals surface area contributed by atoms with Crippen LogP contribution in [0.25, 0.3) is 0 Å². The number of halogens is 1. The predicted octanol–water partition coefficient (Wildman–Crippen LogP) is 2.32. The molecule has 2 rings (SSSR count). The molecule has 90 valence electrons. The maximum absolute atomic E-state index is 10.0. The Morgan fingerprint density at radius 3 is 2.44 bits per heavy atom. The molecule has 1 saturated heterocycles. The Bertz CT molecular complexity index is 326. The first kappa shape index (κ1) is 13.5. The van der Waals surface area contributed by atoms with E-state index in [1.807, 2.05) is 6.07 Å². The molecular weight excluding hydrogens is 222 g/mol. The summed E-state index contributed by atoms with van der Waals surface area (Å²) in [7, 11) is 0. The molecule has 0 bridgehead atoms. The zero-order valence-corrected chi connectivity index (χ0v) is 10.6. The number of benzene rings is 1. The van der Waals surface area contributed by atoms with E-state index in [2.05, 4.69) is 43.4 Å². The summed E-state index contributed by atoms with van der Waals surface area (Å²) in [6.45, 7) is 5.06. The van der Waals surface area contributed by atoms with Crippen molar-refractivity contribution in [2.75, 3.05) is 6.54 Å². The molecule has 2 atom stereocenters. The summed E-state index contributed by atoms with van der Waals surface area (Å²) >= 11 is 0. The minimum atomic E-state index is -0.267. The summed E-state index contributed by atoms with van der Waals surface area (Å²) < 4.78 is 0. The average molecular weight is 242 g/mol. The van der Waals surface area contributed by atoms with Crippen LogP contribution in [-0.2, 0) is 0 Å². The molecule has 3 heteroatoms. The molecule has 2 N–H and O–H groups in total. The van der Waals surface area contributed by atoms with Gasteiger partial charge in [0.1, 0.15) is 0 Å². The second-order valence-corrected chi connectivity index (χ2v) is 4.96. The minimum absolute atomic E-state index is 0. The van der Waals surface area contributed by atoms with E-state index >= 15 is 0 Å². The van der Waals surface area contributed by atoms with Gasteiger partial charge < -0.3 is 10.4 Å². The van der Waals surface area contributed by atoms with Gasteiger partial charge in [0.05, 0.1) is 6.10 Å². The Hall–Kier alpha value is -0.570. The lowest BCUT2D eigenvalue weighted by Gasteiger charge is -2.40. The molecule has 16 heavy (non-hydrogen) atoms. The molecule has 0 aliphatic carbocycles. The monoisotopic (exact) mass is 241 g/mol. The van der Waals surface area contributed by atoms with E-state index in [1.165, 1.54) is 5.56 Å². The van der Waals surface area contributed by atoms with Crippen LogP contribution in [0.4, 0.5) is 0 Å². The predicted molar refractivity (Wildman–Crippen MR) is 69.1 cm³/mol. The van der Waals surface area contributed by atoms with E-state index in [0.29, 0.717) is 5.92 Å². The van der Waals surface area contributed by atoms with Gasteiger partial charge in [-0.2, -0.15) is 0 Å². The number of hydrogen-bond donors (Lipinski definition) is 2. The van der Waals surface area contributed by atoms with Gasteiger partial charge in [0.2, 0.25) is 0 Å². The van der Waals surface area contributed by atoms with Crippen LogP contribution in [0.5, 0.6) is 0 Å². The smallest absolute Gasteiger partial charge is 0.0722 e. The summed E-state index contributed by atoms with van der Waals surface area (Å²) in [6, 6.07) is 10.4. The van der Waals surface area contributed by atoms with Gasteiger partial charge in [0.15, 0.2) is 0 Å². The van der Waals surface area contributed by atoms with E-state index < -0.39 is 0 Å². The summed E-state index contributed by atoms with van der Waals surface area (Å²) in [5.74, 6) is 0.439. The number of aliphatic hydroxyl groups excluding tert-OH is 1. The zero-order chi connectivity index (χ0) is 10.9. The van der Waals surface area contributed by atoms with E-state index in [0.717, 1.165) is 13.0 Å². The van der Waals surface area contributed by atoms with Gasteiger partial charge in [-0.15, -0.1) is 12.4 Å². The summed E-state index contributed by atoms with van der Waals surface area (Å²) in [4.78, 5) is 0. The van der Waals surface area contributed by atoms with Crippen LogP contribution in [0, 0.1) is 0 Å². The summed E-state index contributed by atoms with van der Waals surface area (Å²) in [5.41, 5.74) is 1.17. The van der Waals surface area contributed by atoms with Gasteiger partial charge in [-0.1, -0.05) is 30.3 Å². The van der Waals surface area contributed by atoms with Crippen molar-refractivity contribution >= 4 is 12.4 Å². The molecule has 2 nitrogen and oxygen atoms in total. The van der Waals surface area contributed by atoms with Crippen molar-refractivity contribution in [1.82, 2.24) is 5.32 Å². The molecule has 0 amide bonds. The van der Waals surface area contributed by atoms with Crippen molar-refractivity contribution in [2.24, 2.45) is 0 Å². The van der Waals surface area contributed by atoms with Gasteiger partial charge in [0, 0.05) is 12.1 Å². The van der Waals surface area contributed by atoms with E-state index in [9.17, 15) is 5.11 Å². The third kappa shape index (κ3) is 2.76. The Labute approximate surface area is 103 Å². The highest BCUT2D eigenvalue weighted by atomic mass is 35.5. The van der Waals surface area contributed by atoms with Crippen LogP contribution in [0.1, 0.15) is 31.7 Å². The van der Waals surface area contributed by atoms with Crippen molar-refractivity contribution < 1.29 is 5.11 Å². The lowest BCUT2D eigenvalue weighted by atomic mass is 9.81. The first-order valence-corrected chi connectivity index (χ1v) is 5.57. The van der Waals surface area contributed by atoms with Crippen LogP contribution in [-0.4, -0.2) is 23.3 Å². The van der Waals surface area contributed by atoms with E-state index in [4.69, 9.17) is 0 Å². The lowest BCUT2D eigenvalue weighted by Crippen LogP contribution is -2.55. The van der Waals surface area contributed by atoms with Crippen LogP contribution >= 0.6 is 12.4 Å². The number of hydrogen-bond acceptors (Lipinski definition) is 2. The van der Waals surface area contributed by atoms with Crippen LogP contribution in [0.2, 0.25) is 0 Å². The molecule has 2 unspecified atom stereocenters. The van der Waals surface area contributed by atoms with Gasteiger partial charge in [0.25, 0.3) is 0 Å². The average Bonchev–Trinajstić information content (AvgIpc) is 2.23. The van der Waals surface area contributed by atoms with Crippen molar-refractivity contribution in [2.45, 2.75) is 37.8 Å². The molecule has 1 aliphatic heterocycles. The summed E-state index contributed by atoms with van der Waals surface area (Å²) in [5, 5.41) is 13.4. The van der Waals surface area contributed by atoms with Crippen molar-refractivity contribution in [3.63, 3.8) is 0 Å². The Morgan fingerprint density at radius 1 is 1.25 bits per heavy atom. The fraction of sp³-hybridized carbons (Fsp3) is 0.538. The van der Waals surface area contributed by atoms with Gasteiger partial charge in [-0.25, -0.2) is 0 Å². The number of nitrogens with one attached hydrogen (secondary N) is 1. The molecule has 1 aliphatic rings. The Balaban J connectivity index is 0.00000128. The largest absolute Gasteiger partial charge is 0.391 e. The Morgan fingerprint density at radius 2 is 1.88 bits per heavy atom. The standard InChI is InChI=1S/C13H19NO.ClH/c1-13(2)12(15)8-11(9-14-13)10-6-4-3-5-7-10;/h3-7,11-12,14-15H,8-9H2,1-2H3;1H. The molecule has 0 saturated carbocycles. The van der Waals surface area contributed by atoms with E-state index in [-0.39, 0.29) is 24.0 Å². The molecule has 0 aromatic heterocycles. The van der Waals surface area contributed by atoms with Gasteiger partial charge in [-0.05, 0) is 31.7 Å². The normalized spacial score (nSPS) is 28.2. The highest BCUT2D eigenvalue weighted by molar-refractivity contribution is 5.85. The van der Waals surface area contributed by atoms with Crippen molar-refractivity contribution in [3.05, 3.63) is 35.9 Å².